The van der Waals surface area contributed by atoms with Gasteiger partial charge in [-0.3, -0.25) is 4.79 Å². The molecule has 0 radical (unpaired) electrons. The molecule has 0 aliphatic rings. The molecule has 1 atom stereocenters. The summed E-state index contributed by atoms with van der Waals surface area (Å²) in [7, 11) is 0. The lowest BCUT2D eigenvalue weighted by molar-refractivity contribution is -0.114. The number of para-hydroxylation sites is 1. The average molecular weight is 333 g/mol. The van der Waals surface area contributed by atoms with Gasteiger partial charge < -0.3 is 10.6 Å². The molecule has 1 amide bonds. The Bertz CT molecular complexity index is 613. The molecule has 104 valence electrons. The van der Waals surface area contributed by atoms with Crippen LogP contribution in [0.25, 0.3) is 0 Å². The third-order valence-corrected chi connectivity index (χ3v) is 3.64. The molecule has 0 fully saturated rings. The van der Waals surface area contributed by atoms with Crippen LogP contribution in [0.5, 0.6) is 0 Å². The van der Waals surface area contributed by atoms with Crippen molar-refractivity contribution in [2.75, 3.05) is 10.6 Å². The summed E-state index contributed by atoms with van der Waals surface area (Å²) in [6.07, 6.45) is 0. The fraction of sp³-hybridized carbons (Fsp3) is 0.188. The number of halogens is 1. The van der Waals surface area contributed by atoms with E-state index in [9.17, 15) is 4.79 Å². The SMILES string of the molecule is CC(=O)Nc1cccc(C(C)Nc2ccccc2Br)c1. The topological polar surface area (TPSA) is 41.1 Å². The van der Waals surface area contributed by atoms with Crippen LogP contribution in [0, 0.1) is 0 Å². The van der Waals surface area contributed by atoms with Gasteiger partial charge in [-0.05, 0) is 52.7 Å². The molecular formula is C16H17BrN2O. The smallest absolute Gasteiger partial charge is 0.221 e. The summed E-state index contributed by atoms with van der Waals surface area (Å²) in [5.41, 5.74) is 2.98. The van der Waals surface area contributed by atoms with Gasteiger partial charge in [0.15, 0.2) is 0 Å². The molecule has 0 heterocycles. The van der Waals surface area contributed by atoms with Gasteiger partial charge in [0.2, 0.25) is 5.91 Å². The first-order valence-corrected chi connectivity index (χ1v) is 7.24. The minimum atomic E-state index is -0.0615. The number of carbonyl (C=O) groups is 1. The van der Waals surface area contributed by atoms with Crippen molar-refractivity contribution in [3.63, 3.8) is 0 Å². The lowest BCUT2D eigenvalue weighted by Gasteiger charge is -2.17. The van der Waals surface area contributed by atoms with Crippen molar-refractivity contribution in [1.29, 1.82) is 0 Å². The van der Waals surface area contributed by atoms with Crippen LogP contribution in [0.2, 0.25) is 0 Å². The van der Waals surface area contributed by atoms with Crippen molar-refractivity contribution in [2.24, 2.45) is 0 Å². The molecule has 2 aromatic rings. The first kappa shape index (κ1) is 14.6. The van der Waals surface area contributed by atoms with E-state index in [1.807, 2.05) is 48.5 Å². The lowest BCUT2D eigenvalue weighted by Crippen LogP contribution is -2.09. The number of nitrogens with one attached hydrogen (secondary N) is 2. The number of anilines is 2. The molecule has 0 saturated carbocycles. The molecule has 3 nitrogen and oxygen atoms in total. The van der Waals surface area contributed by atoms with Crippen LogP contribution in [0.4, 0.5) is 11.4 Å². The van der Waals surface area contributed by atoms with Crippen molar-refractivity contribution < 1.29 is 4.79 Å². The maximum Gasteiger partial charge on any atom is 0.221 e. The molecule has 4 heteroatoms. The van der Waals surface area contributed by atoms with E-state index in [1.54, 1.807) is 0 Å². The molecule has 1 unspecified atom stereocenters. The highest BCUT2D eigenvalue weighted by atomic mass is 79.9. The quantitative estimate of drug-likeness (QED) is 0.860. The van der Waals surface area contributed by atoms with E-state index in [4.69, 9.17) is 0 Å². The van der Waals surface area contributed by atoms with Gasteiger partial charge in [-0.1, -0.05) is 24.3 Å². The summed E-state index contributed by atoms with van der Waals surface area (Å²) in [6.45, 7) is 3.60. The van der Waals surface area contributed by atoms with Crippen LogP contribution >= 0.6 is 15.9 Å². The standard InChI is InChI=1S/C16H17BrN2O/c1-11(18-16-9-4-3-8-15(16)17)13-6-5-7-14(10-13)19-12(2)20/h3-11,18H,1-2H3,(H,19,20). The van der Waals surface area contributed by atoms with Crippen molar-refractivity contribution in [3.05, 3.63) is 58.6 Å². The Labute approximate surface area is 127 Å². The lowest BCUT2D eigenvalue weighted by atomic mass is 10.1. The number of benzene rings is 2. The summed E-state index contributed by atoms with van der Waals surface area (Å²) in [6, 6.07) is 16.0. The minimum Gasteiger partial charge on any atom is -0.378 e. The Balaban J connectivity index is 2.15. The molecule has 0 bridgehead atoms. The predicted molar refractivity (Wildman–Crippen MR) is 86.9 cm³/mol. The van der Waals surface area contributed by atoms with Crippen molar-refractivity contribution in [1.82, 2.24) is 0 Å². The normalized spacial score (nSPS) is 11.8. The number of hydrogen-bond acceptors (Lipinski definition) is 2. The number of rotatable bonds is 4. The van der Waals surface area contributed by atoms with Gasteiger partial charge >= 0.3 is 0 Å². The van der Waals surface area contributed by atoms with E-state index < -0.39 is 0 Å². The third kappa shape index (κ3) is 3.84. The van der Waals surface area contributed by atoms with E-state index in [-0.39, 0.29) is 11.9 Å². The molecule has 2 N–H and O–H groups in total. The zero-order valence-corrected chi connectivity index (χ0v) is 13.1. The molecule has 0 spiro atoms. The van der Waals surface area contributed by atoms with Gasteiger partial charge in [0.05, 0.1) is 0 Å². The van der Waals surface area contributed by atoms with Gasteiger partial charge in [-0.2, -0.15) is 0 Å². The van der Waals surface area contributed by atoms with E-state index in [0.717, 1.165) is 21.4 Å². The molecule has 2 rings (SSSR count). The molecule has 0 aliphatic heterocycles. The number of carbonyl (C=O) groups excluding carboxylic acids is 1. The fourth-order valence-corrected chi connectivity index (χ4v) is 2.38. The highest BCUT2D eigenvalue weighted by Crippen LogP contribution is 2.27. The Morgan fingerprint density at radius 2 is 1.90 bits per heavy atom. The van der Waals surface area contributed by atoms with Gasteiger partial charge in [-0.25, -0.2) is 0 Å². The van der Waals surface area contributed by atoms with E-state index in [0.29, 0.717) is 0 Å². The maximum absolute atomic E-state index is 11.1. The van der Waals surface area contributed by atoms with Crippen LogP contribution in [-0.2, 0) is 4.79 Å². The maximum atomic E-state index is 11.1. The average Bonchev–Trinajstić information content (AvgIpc) is 2.41. The predicted octanol–water partition coefficient (Wildman–Crippen LogP) is 4.58. The summed E-state index contributed by atoms with van der Waals surface area (Å²) < 4.78 is 1.03. The monoisotopic (exact) mass is 332 g/mol. The zero-order chi connectivity index (χ0) is 14.5. The van der Waals surface area contributed by atoms with Gasteiger partial charge in [0.25, 0.3) is 0 Å². The number of hydrogen-bond donors (Lipinski definition) is 2. The van der Waals surface area contributed by atoms with Gasteiger partial charge in [-0.15, -0.1) is 0 Å². The Hall–Kier alpha value is -1.81. The van der Waals surface area contributed by atoms with Gasteiger partial charge in [0.1, 0.15) is 0 Å². The summed E-state index contributed by atoms with van der Waals surface area (Å²) in [4.78, 5) is 11.1. The second-order valence-electron chi connectivity index (χ2n) is 4.65. The van der Waals surface area contributed by atoms with Crippen molar-refractivity contribution >= 4 is 33.2 Å². The van der Waals surface area contributed by atoms with Crippen molar-refractivity contribution in [3.8, 4) is 0 Å². The van der Waals surface area contributed by atoms with E-state index >= 15 is 0 Å². The second kappa shape index (κ2) is 6.57. The molecule has 0 saturated heterocycles. The molecular weight excluding hydrogens is 316 g/mol. The van der Waals surface area contributed by atoms with E-state index in [2.05, 4.69) is 33.5 Å². The van der Waals surface area contributed by atoms with Crippen LogP contribution < -0.4 is 10.6 Å². The molecule has 2 aromatic carbocycles. The van der Waals surface area contributed by atoms with Crippen LogP contribution in [0.3, 0.4) is 0 Å². The second-order valence-corrected chi connectivity index (χ2v) is 5.51. The van der Waals surface area contributed by atoms with Crippen LogP contribution in [0.1, 0.15) is 25.5 Å². The van der Waals surface area contributed by atoms with Crippen molar-refractivity contribution in [2.45, 2.75) is 19.9 Å². The van der Waals surface area contributed by atoms with E-state index in [1.165, 1.54) is 6.92 Å². The summed E-state index contributed by atoms with van der Waals surface area (Å²) >= 11 is 3.53. The third-order valence-electron chi connectivity index (χ3n) is 2.95. The Morgan fingerprint density at radius 3 is 2.60 bits per heavy atom. The van der Waals surface area contributed by atoms with Gasteiger partial charge in [0, 0.05) is 28.8 Å². The largest absolute Gasteiger partial charge is 0.378 e. The fourth-order valence-electron chi connectivity index (χ4n) is 1.98. The Morgan fingerprint density at radius 1 is 1.15 bits per heavy atom. The highest BCUT2D eigenvalue weighted by Gasteiger charge is 2.08. The first-order valence-electron chi connectivity index (χ1n) is 6.45. The molecule has 20 heavy (non-hydrogen) atoms. The molecule has 0 aromatic heterocycles. The highest BCUT2D eigenvalue weighted by molar-refractivity contribution is 9.10. The summed E-state index contributed by atoms with van der Waals surface area (Å²) in [5, 5.41) is 6.25. The van der Waals surface area contributed by atoms with Crippen LogP contribution in [-0.4, -0.2) is 5.91 Å². The van der Waals surface area contributed by atoms with Crippen LogP contribution in [0.15, 0.2) is 53.0 Å². The number of amides is 1. The zero-order valence-electron chi connectivity index (χ0n) is 11.5. The first-order chi connectivity index (χ1) is 9.56. The Kier molecular flexibility index (Phi) is 4.79. The summed E-state index contributed by atoms with van der Waals surface area (Å²) in [5.74, 6) is -0.0615. The minimum absolute atomic E-state index is 0.0615. The molecule has 0 aliphatic carbocycles.